The number of amides is 1. The van der Waals surface area contributed by atoms with Crippen molar-refractivity contribution in [3.63, 3.8) is 0 Å². The molecule has 1 N–H and O–H groups in total. The molecule has 1 aromatic carbocycles. The molecule has 138 valence electrons. The van der Waals surface area contributed by atoms with Gasteiger partial charge in [0, 0.05) is 18.8 Å². The Morgan fingerprint density at radius 2 is 2.07 bits per heavy atom. The molecule has 0 radical (unpaired) electrons. The quantitative estimate of drug-likeness (QED) is 0.731. The van der Waals surface area contributed by atoms with Crippen molar-refractivity contribution in [3.05, 3.63) is 41.5 Å². The monoisotopic (exact) mass is 381 g/mol. The van der Waals surface area contributed by atoms with Crippen LogP contribution < -0.4 is 5.32 Å². The van der Waals surface area contributed by atoms with E-state index in [4.69, 9.17) is 0 Å². The van der Waals surface area contributed by atoms with Crippen molar-refractivity contribution in [1.82, 2.24) is 29.0 Å². The van der Waals surface area contributed by atoms with Gasteiger partial charge in [-0.3, -0.25) is 9.69 Å². The van der Waals surface area contributed by atoms with E-state index >= 15 is 0 Å². The van der Waals surface area contributed by atoms with Crippen LogP contribution in [0.3, 0.4) is 0 Å². The van der Waals surface area contributed by atoms with E-state index in [2.05, 4.69) is 47.3 Å². The lowest BCUT2D eigenvalue weighted by Crippen LogP contribution is -2.52. The Balaban J connectivity index is 1.45. The van der Waals surface area contributed by atoms with Crippen LogP contribution in [0.25, 0.3) is 10.8 Å². The lowest BCUT2D eigenvalue weighted by atomic mass is 9.96. The zero-order valence-corrected chi connectivity index (χ0v) is 15.9. The molecule has 0 saturated heterocycles. The fourth-order valence-corrected chi connectivity index (χ4v) is 4.64. The summed E-state index contributed by atoms with van der Waals surface area (Å²) in [5.74, 6) is 2.43. The van der Waals surface area contributed by atoms with Crippen LogP contribution in [0.2, 0.25) is 0 Å². The molecule has 0 aliphatic carbocycles. The Labute approximate surface area is 160 Å². The molecule has 2 aliphatic heterocycles. The number of benzene rings is 1. The van der Waals surface area contributed by atoms with Gasteiger partial charge in [0.2, 0.25) is 5.91 Å². The van der Waals surface area contributed by atoms with Crippen molar-refractivity contribution in [1.29, 1.82) is 0 Å². The average Bonchev–Trinajstić information content (AvgIpc) is 3.28. The number of aromatic nitrogens is 5. The third kappa shape index (κ3) is 2.65. The molecule has 0 bridgehead atoms. The van der Waals surface area contributed by atoms with E-state index in [1.54, 1.807) is 0 Å². The van der Waals surface area contributed by atoms with Crippen LogP contribution in [0.5, 0.6) is 0 Å². The van der Waals surface area contributed by atoms with E-state index in [0.29, 0.717) is 6.42 Å². The van der Waals surface area contributed by atoms with Crippen molar-refractivity contribution in [2.45, 2.75) is 38.9 Å². The fraction of sp³-hybridized carbons (Fsp3) is 0.389. The molecule has 2 aliphatic rings. The number of rotatable bonds is 2. The summed E-state index contributed by atoms with van der Waals surface area (Å²) in [5.41, 5.74) is 2.09. The minimum Gasteiger partial charge on any atom is -0.324 e. The summed E-state index contributed by atoms with van der Waals surface area (Å²) in [4.78, 5) is 19.4. The number of para-hydroxylation sites is 1. The first-order valence-electron chi connectivity index (χ1n) is 9.00. The highest BCUT2D eigenvalue weighted by molar-refractivity contribution is 7.09. The standard InChI is InChI=1S/C18H19N7OS/c1-10-15-21-22-16(18-19-11(2)23-27-18)25(15)8-7-24(10)14-9-12-5-3-4-6-13(12)20-17(14)26/h3-6,10,14H,7-9H2,1-2H3,(H,20,26)/t10-,14?/m1/s1. The van der Waals surface area contributed by atoms with E-state index in [0.717, 1.165) is 41.3 Å². The van der Waals surface area contributed by atoms with Gasteiger partial charge >= 0.3 is 0 Å². The van der Waals surface area contributed by atoms with Gasteiger partial charge in [-0.1, -0.05) is 18.2 Å². The first-order valence-corrected chi connectivity index (χ1v) is 9.77. The zero-order chi connectivity index (χ0) is 18.5. The van der Waals surface area contributed by atoms with Gasteiger partial charge in [-0.05, 0) is 43.4 Å². The largest absolute Gasteiger partial charge is 0.324 e. The Morgan fingerprint density at radius 3 is 2.89 bits per heavy atom. The van der Waals surface area contributed by atoms with Gasteiger partial charge < -0.3 is 9.88 Å². The first kappa shape index (κ1) is 16.5. The second-order valence-electron chi connectivity index (χ2n) is 6.96. The maximum absolute atomic E-state index is 12.7. The maximum atomic E-state index is 12.7. The van der Waals surface area contributed by atoms with Crippen LogP contribution in [0.15, 0.2) is 24.3 Å². The summed E-state index contributed by atoms with van der Waals surface area (Å²) in [5, 5.41) is 12.6. The lowest BCUT2D eigenvalue weighted by molar-refractivity contribution is -0.123. The van der Waals surface area contributed by atoms with Gasteiger partial charge in [-0.25, -0.2) is 4.98 Å². The van der Waals surface area contributed by atoms with Crippen molar-refractivity contribution in [3.8, 4) is 10.8 Å². The smallest absolute Gasteiger partial charge is 0.242 e. The minimum atomic E-state index is -0.201. The van der Waals surface area contributed by atoms with Crippen LogP contribution in [-0.2, 0) is 17.8 Å². The van der Waals surface area contributed by atoms with Crippen LogP contribution in [0.4, 0.5) is 5.69 Å². The summed E-state index contributed by atoms with van der Waals surface area (Å²) in [7, 11) is 0. The SMILES string of the molecule is Cc1nsc(-c2nnc3n2CCN(C2Cc4ccccc4NC2=O)[C@@H]3C)n1. The third-order valence-electron chi connectivity index (χ3n) is 5.34. The Kier molecular flexibility index (Phi) is 3.80. The molecule has 27 heavy (non-hydrogen) atoms. The first-order chi connectivity index (χ1) is 13.1. The van der Waals surface area contributed by atoms with Gasteiger partial charge in [0.05, 0.1) is 12.1 Å². The minimum absolute atomic E-state index is 0.00460. The zero-order valence-electron chi connectivity index (χ0n) is 15.1. The topological polar surface area (TPSA) is 88.8 Å². The van der Waals surface area contributed by atoms with E-state index in [-0.39, 0.29) is 18.0 Å². The highest BCUT2D eigenvalue weighted by Crippen LogP contribution is 2.33. The third-order valence-corrected chi connectivity index (χ3v) is 6.14. The highest BCUT2D eigenvalue weighted by atomic mass is 32.1. The second kappa shape index (κ2) is 6.21. The molecular weight excluding hydrogens is 362 g/mol. The molecule has 2 atom stereocenters. The van der Waals surface area contributed by atoms with Gasteiger partial charge in [-0.2, -0.15) is 4.37 Å². The summed E-state index contributed by atoms with van der Waals surface area (Å²) in [6.07, 6.45) is 0.711. The molecule has 4 heterocycles. The maximum Gasteiger partial charge on any atom is 0.242 e. The summed E-state index contributed by atoms with van der Waals surface area (Å²) < 4.78 is 6.35. The summed E-state index contributed by atoms with van der Waals surface area (Å²) in [6.45, 7) is 5.45. The van der Waals surface area contributed by atoms with Gasteiger partial charge in [-0.15, -0.1) is 10.2 Å². The molecule has 8 nitrogen and oxygen atoms in total. The van der Waals surface area contributed by atoms with E-state index in [9.17, 15) is 4.79 Å². The molecule has 0 fully saturated rings. The van der Waals surface area contributed by atoms with Gasteiger partial charge in [0.1, 0.15) is 5.82 Å². The number of carbonyl (C=O) groups excluding carboxylic acids is 1. The highest BCUT2D eigenvalue weighted by Gasteiger charge is 2.38. The molecular formula is C18H19N7OS. The molecule has 2 aromatic heterocycles. The van der Waals surface area contributed by atoms with Crippen molar-refractivity contribution < 1.29 is 4.79 Å². The van der Waals surface area contributed by atoms with E-state index < -0.39 is 0 Å². The summed E-state index contributed by atoms with van der Waals surface area (Å²) in [6, 6.07) is 7.79. The molecule has 0 spiro atoms. The molecule has 0 saturated carbocycles. The average molecular weight is 381 g/mol. The molecule has 1 amide bonds. The molecule has 9 heteroatoms. The van der Waals surface area contributed by atoms with E-state index in [1.165, 1.54) is 17.1 Å². The van der Waals surface area contributed by atoms with Gasteiger partial charge in [0.25, 0.3) is 0 Å². The lowest BCUT2D eigenvalue weighted by Gasteiger charge is -2.40. The van der Waals surface area contributed by atoms with Crippen LogP contribution in [0.1, 0.15) is 30.2 Å². The van der Waals surface area contributed by atoms with Crippen LogP contribution in [0, 0.1) is 6.92 Å². The number of aryl methyl sites for hydroxylation is 1. The Morgan fingerprint density at radius 1 is 1.22 bits per heavy atom. The fourth-order valence-electron chi connectivity index (χ4n) is 3.98. The number of nitrogens with zero attached hydrogens (tertiary/aromatic N) is 6. The van der Waals surface area contributed by atoms with Gasteiger partial charge in [0.15, 0.2) is 16.7 Å². The number of nitrogens with one attached hydrogen (secondary N) is 1. The Hall–Kier alpha value is -2.65. The van der Waals surface area contributed by atoms with E-state index in [1.807, 2.05) is 25.1 Å². The van der Waals surface area contributed by atoms with Crippen molar-refractivity contribution in [2.75, 3.05) is 11.9 Å². The van der Waals surface area contributed by atoms with Crippen LogP contribution >= 0.6 is 11.5 Å². The molecule has 3 aromatic rings. The predicted molar refractivity (Wildman–Crippen MR) is 101 cm³/mol. The molecule has 1 unspecified atom stereocenters. The normalized spacial score (nSPS) is 22.2. The number of carbonyl (C=O) groups is 1. The number of hydrogen-bond acceptors (Lipinski definition) is 7. The number of hydrogen-bond donors (Lipinski definition) is 1. The summed E-state index contributed by atoms with van der Waals surface area (Å²) >= 11 is 1.34. The number of anilines is 1. The molecule has 5 rings (SSSR count). The predicted octanol–water partition coefficient (Wildman–Crippen LogP) is 2.05. The number of fused-ring (bicyclic) bond motifs is 2. The van der Waals surface area contributed by atoms with Crippen LogP contribution in [-0.4, -0.2) is 47.5 Å². The Bertz CT molecular complexity index is 1030. The van der Waals surface area contributed by atoms with Crippen molar-refractivity contribution >= 4 is 23.1 Å². The van der Waals surface area contributed by atoms with Crippen molar-refractivity contribution in [2.24, 2.45) is 0 Å². The second-order valence-corrected chi connectivity index (χ2v) is 7.71.